The van der Waals surface area contributed by atoms with Crippen molar-refractivity contribution in [2.75, 3.05) is 19.6 Å². The molecule has 1 aliphatic rings. The van der Waals surface area contributed by atoms with E-state index in [-0.39, 0.29) is 5.91 Å². The fraction of sp³-hybridized carbons (Fsp3) is 0.471. The van der Waals surface area contributed by atoms with Crippen LogP contribution in [0, 0.1) is 5.92 Å². The number of carbonyl (C=O) groups excluding carboxylic acids is 1. The minimum atomic E-state index is 0.195. The number of benzene rings is 1. The van der Waals surface area contributed by atoms with Crippen LogP contribution in [0.4, 0.5) is 0 Å². The van der Waals surface area contributed by atoms with Crippen molar-refractivity contribution in [3.8, 4) is 0 Å². The summed E-state index contributed by atoms with van der Waals surface area (Å²) in [6.07, 6.45) is 4.88. The van der Waals surface area contributed by atoms with Gasteiger partial charge in [0.05, 0.1) is 0 Å². The minimum absolute atomic E-state index is 0.195. The molecule has 2 aromatic rings. The largest absolute Gasteiger partial charge is 0.356 e. The Morgan fingerprint density at radius 1 is 1.33 bits per heavy atom. The van der Waals surface area contributed by atoms with Gasteiger partial charge in [0.25, 0.3) is 0 Å². The summed E-state index contributed by atoms with van der Waals surface area (Å²) in [7, 11) is 0. The van der Waals surface area contributed by atoms with E-state index in [0.29, 0.717) is 12.3 Å². The Balaban J connectivity index is 1.40. The first-order valence-corrected chi connectivity index (χ1v) is 7.84. The van der Waals surface area contributed by atoms with Crippen molar-refractivity contribution >= 4 is 16.8 Å². The summed E-state index contributed by atoms with van der Waals surface area (Å²) in [6.45, 7) is 3.74. The highest BCUT2D eigenvalue weighted by atomic mass is 16.1. The van der Waals surface area contributed by atoms with Gasteiger partial charge in [0.1, 0.15) is 0 Å². The molecular formula is C17H23N3O. The van der Waals surface area contributed by atoms with Crippen molar-refractivity contribution in [1.29, 1.82) is 0 Å². The third kappa shape index (κ3) is 3.64. The third-order valence-corrected chi connectivity index (χ3v) is 4.21. The minimum Gasteiger partial charge on any atom is -0.356 e. The van der Waals surface area contributed by atoms with Gasteiger partial charge in [-0.25, -0.2) is 0 Å². The first-order valence-electron chi connectivity index (χ1n) is 7.84. The van der Waals surface area contributed by atoms with E-state index in [9.17, 15) is 4.79 Å². The van der Waals surface area contributed by atoms with Gasteiger partial charge < -0.3 is 15.2 Å². The van der Waals surface area contributed by atoms with E-state index in [0.717, 1.165) is 39.0 Å². The second-order valence-corrected chi connectivity index (χ2v) is 5.83. The summed E-state index contributed by atoms with van der Waals surface area (Å²) < 4.78 is 2.25. The zero-order valence-electron chi connectivity index (χ0n) is 12.3. The van der Waals surface area contributed by atoms with E-state index in [1.54, 1.807) is 0 Å². The van der Waals surface area contributed by atoms with Crippen LogP contribution >= 0.6 is 0 Å². The molecule has 112 valence electrons. The first kappa shape index (κ1) is 14.1. The molecule has 0 radical (unpaired) electrons. The summed E-state index contributed by atoms with van der Waals surface area (Å²) in [6, 6.07) is 10.5. The van der Waals surface area contributed by atoms with E-state index in [2.05, 4.69) is 51.7 Å². The molecule has 2 N–H and O–H groups in total. The molecular weight excluding hydrogens is 262 g/mol. The molecule has 1 atom stereocenters. The molecule has 0 saturated carbocycles. The van der Waals surface area contributed by atoms with E-state index in [4.69, 9.17) is 0 Å². The highest BCUT2D eigenvalue weighted by Gasteiger charge is 2.17. The number of hydrogen-bond acceptors (Lipinski definition) is 2. The van der Waals surface area contributed by atoms with Gasteiger partial charge in [0.2, 0.25) is 5.91 Å². The Kier molecular flexibility index (Phi) is 4.55. The maximum atomic E-state index is 11.8. The number of rotatable bonds is 6. The third-order valence-electron chi connectivity index (χ3n) is 4.21. The molecule has 1 aliphatic heterocycles. The molecule has 1 aromatic carbocycles. The van der Waals surface area contributed by atoms with Crippen LogP contribution in [0.2, 0.25) is 0 Å². The van der Waals surface area contributed by atoms with Crippen LogP contribution < -0.4 is 10.6 Å². The Bertz CT molecular complexity index is 599. The number of fused-ring (bicyclic) bond motifs is 1. The van der Waals surface area contributed by atoms with Crippen molar-refractivity contribution in [3.63, 3.8) is 0 Å². The van der Waals surface area contributed by atoms with Crippen LogP contribution in [0.3, 0.4) is 0 Å². The molecule has 1 amide bonds. The van der Waals surface area contributed by atoms with Crippen LogP contribution in [-0.4, -0.2) is 30.1 Å². The van der Waals surface area contributed by atoms with Crippen molar-refractivity contribution in [3.05, 3.63) is 36.5 Å². The lowest BCUT2D eigenvalue weighted by molar-refractivity contribution is -0.121. The zero-order chi connectivity index (χ0) is 14.5. The van der Waals surface area contributed by atoms with E-state index < -0.39 is 0 Å². The number of para-hydroxylation sites is 1. The quantitative estimate of drug-likeness (QED) is 0.799. The number of aryl methyl sites for hydroxylation is 1. The van der Waals surface area contributed by atoms with Gasteiger partial charge in [-0.05, 0) is 49.4 Å². The zero-order valence-corrected chi connectivity index (χ0v) is 12.3. The van der Waals surface area contributed by atoms with Crippen LogP contribution in [0.15, 0.2) is 36.5 Å². The van der Waals surface area contributed by atoms with Crippen molar-refractivity contribution in [2.45, 2.75) is 25.8 Å². The summed E-state index contributed by atoms with van der Waals surface area (Å²) in [5, 5.41) is 7.61. The monoisotopic (exact) mass is 285 g/mol. The Morgan fingerprint density at radius 2 is 2.24 bits per heavy atom. The molecule has 2 heterocycles. The maximum Gasteiger partial charge on any atom is 0.220 e. The molecule has 0 bridgehead atoms. The van der Waals surface area contributed by atoms with Crippen LogP contribution in [0.1, 0.15) is 19.3 Å². The van der Waals surface area contributed by atoms with Gasteiger partial charge in [0.15, 0.2) is 0 Å². The van der Waals surface area contributed by atoms with Crippen molar-refractivity contribution < 1.29 is 4.79 Å². The number of aromatic nitrogens is 1. The predicted molar refractivity (Wildman–Crippen MR) is 85.2 cm³/mol. The smallest absolute Gasteiger partial charge is 0.220 e. The highest BCUT2D eigenvalue weighted by Crippen LogP contribution is 2.15. The number of carbonyl (C=O) groups is 1. The standard InChI is InChI=1S/C17H23N3O/c21-17(12-14-6-9-18-13-14)19-8-3-10-20-11-7-15-4-1-2-5-16(15)20/h1-2,4-5,7,11,14,18H,3,6,8-10,12-13H2,(H,19,21). The second-order valence-electron chi connectivity index (χ2n) is 5.83. The van der Waals surface area contributed by atoms with Gasteiger partial charge >= 0.3 is 0 Å². The molecule has 0 aliphatic carbocycles. The summed E-state index contributed by atoms with van der Waals surface area (Å²) in [5.74, 6) is 0.722. The van der Waals surface area contributed by atoms with Gasteiger partial charge in [-0.15, -0.1) is 0 Å². The first-order chi connectivity index (χ1) is 10.3. The number of amides is 1. The number of nitrogens with zero attached hydrogens (tertiary/aromatic N) is 1. The normalized spacial score (nSPS) is 18.2. The topological polar surface area (TPSA) is 46.1 Å². The van der Waals surface area contributed by atoms with Gasteiger partial charge in [-0.3, -0.25) is 4.79 Å². The molecule has 1 unspecified atom stereocenters. The highest BCUT2D eigenvalue weighted by molar-refractivity contribution is 5.79. The molecule has 21 heavy (non-hydrogen) atoms. The molecule has 0 spiro atoms. The average molecular weight is 285 g/mol. The van der Waals surface area contributed by atoms with E-state index in [1.807, 2.05) is 0 Å². The number of nitrogens with one attached hydrogen (secondary N) is 2. The van der Waals surface area contributed by atoms with Crippen LogP contribution in [0.5, 0.6) is 0 Å². The van der Waals surface area contributed by atoms with Crippen LogP contribution in [-0.2, 0) is 11.3 Å². The SMILES string of the molecule is O=C(CC1CCNC1)NCCCn1ccc2ccccc21. The Hall–Kier alpha value is -1.81. The van der Waals surface area contributed by atoms with Crippen LogP contribution in [0.25, 0.3) is 10.9 Å². The molecule has 4 nitrogen and oxygen atoms in total. The van der Waals surface area contributed by atoms with Gasteiger partial charge in [-0.1, -0.05) is 18.2 Å². The predicted octanol–water partition coefficient (Wildman–Crippen LogP) is 2.15. The fourth-order valence-corrected chi connectivity index (χ4v) is 3.04. The summed E-state index contributed by atoms with van der Waals surface area (Å²) in [5.41, 5.74) is 1.26. The summed E-state index contributed by atoms with van der Waals surface area (Å²) >= 11 is 0. The van der Waals surface area contributed by atoms with Crippen molar-refractivity contribution in [2.24, 2.45) is 5.92 Å². The Morgan fingerprint density at radius 3 is 3.10 bits per heavy atom. The molecule has 4 heteroatoms. The summed E-state index contributed by atoms with van der Waals surface area (Å²) in [4.78, 5) is 11.8. The van der Waals surface area contributed by atoms with E-state index in [1.165, 1.54) is 10.9 Å². The van der Waals surface area contributed by atoms with Gasteiger partial charge in [-0.2, -0.15) is 0 Å². The lowest BCUT2D eigenvalue weighted by Crippen LogP contribution is -2.27. The maximum absolute atomic E-state index is 11.8. The molecule has 1 fully saturated rings. The van der Waals surface area contributed by atoms with Gasteiger partial charge in [0, 0.05) is 31.2 Å². The lowest BCUT2D eigenvalue weighted by Gasteiger charge is -2.10. The second kappa shape index (κ2) is 6.76. The van der Waals surface area contributed by atoms with E-state index >= 15 is 0 Å². The molecule has 1 saturated heterocycles. The molecule has 1 aromatic heterocycles. The Labute approximate surface area is 125 Å². The lowest BCUT2D eigenvalue weighted by atomic mass is 10.0. The fourth-order valence-electron chi connectivity index (χ4n) is 3.04. The number of hydrogen-bond donors (Lipinski definition) is 2. The molecule has 3 rings (SSSR count). The van der Waals surface area contributed by atoms with Crippen molar-refractivity contribution in [1.82, 2.24) is 15.2 Å². The average Bonchev–Trinajstić information content (AvgIpc) is 3.13.